The first kappa shape index (κ1) is 17.6. The van der Waals surface area contributed by atoms with Gasteiger partial charge in [0.1, 0.15) is 5.82 Å². The number of hydrogen-bond donors (Lipinski definition) is 1. The lowest BCUT2D eigenvalue weighted by atomic mass is 10.2. The van der Waals surface area contributed by atoms with Gasteiger partial charge in [-0.05, 0) is 36.6 Å². The number of hydrogen-bond acceptors (Lipinski definition) is 5. The predicted molar refractivity (Wildman–Crippen MR) is 108 cm³/mol. The van der Waals surface area contributed by atoms with Crippen molar-refractivity contribution in [2.75, 3.05) is 18.5 Å². The van der Waals surface area contributed by atoms with Gasteiger partial charge in [-0.25, -0.2) is 9.97 Å². The van der Waals surface area contributed by atoms with Crippen molar-refractivity contribution in [3.8, 4) is 0 Å². The maximum Gasteiger partial charge on any atom is 0.190 e. The summed E-state index contributed by atoms with van der Waals surface area (Å²) in [6.07, 6.45) is 2.50. The van der Waals surface area contributed by atoms with Crippen molar-refractivity contribution >= 4 is 40.1 Å². The number of halogens is 1. The molecule has 1 aliphatic rings. The second kappa shape index (κ2) is 8.25. The van der Waals surface area contributed by atoms with Gasteiger partial charge in [-0.2, -0.15) is 0 Å². The van der Waals surface area contributed by atoms with Gasteiger partial charge >= 0.3 is 0 Å². The number of nitrogens with one attached hydrogen (secondary N) is 1. The smallest absolute Gasteiger partial charge is 0.190 e. The Labute approximate surface area is 162 Å². The van der Waals surface area contributed by atoms with E-state index in [1.54, 1.807) is 11.8 Å². The van der Waals surface area contributed by atoms with Crippen LogP contribution in [0.15, 0.2) is 53.7 Å². The minimum Gasteiger partial charge on any atom is -0.376 e. The van der Waals surface area contributed by atoms with Crippen LogP contribution in [0.1, 0.15) is 18.4 Å². The SMILES string of the molecule is Clc1ccccc1CSc1nc(NC[C@H]2CCCO2)c2ccccc2n1. The van der Waals surface area contributed by atoms with E-state index < -0.39 is 0 Å². The maximum atomic E-state index is 6.26. The monoisotopic (exact) mass is 385 g/mol. The van der Waals surface area contributed by atoms with Crippen LogP contribution in [0.4, 0.5) is 5.82 Å². The number of para-hydroxylation sites is 1. The van der Waals surface area contributed by atoms with Gasteiger partial charge in [0.15, 0.2) is 5.16 Å². The van der Waals surface area contributed by atoms with Crippen LogP contribution in [0.25, 0.3) is 10.9 Å². The Hall–Kier alpha value is -1.82. The third-order valence-corrected chi connectivity index (χ3v) is 5.68. The summed E-state index contributed by atoms with van der Waals surface area (Å²) in [4.78, 5) is 9.45. The third-order valence-electron chi connectivity index (χ3n) is 4.42. The first-order chi connectivity index (χ1) is 12.8. The molecule has 26 heavy (non-hydrogen) atoms. The molecule has 0 unspecified atom stereocenters. The van der Waals surface area contributed by atoms with Crippen LogP contribution in [-0.2, 0) is 10.5 Å². The van der Waals surface area contributed by atoms with Gasteiger partial charge in [-0.1, -0.05) is 53.7 Å². The minimum absolute atomic E-state index is 0.267. The highest BCUT2D eigenvalue weighted by Gasteiger charge is 2.16. The van der Waals surface area contributed by atoms with Crippen LogP contribution >= 0.6 is 23.4 Å². The molecule has 1 aliphatic heterocycles. The molecule has 1 atom stereocenters. The van der Waals surface area contributed by atoms with Crippen LogP contribution in [0, 0.1) is 0 Å². The molecule has 1 fully saturated rings. The molecule has 4 rings (SSSR count). The van der Waals surface area contributed by atoms with E-state index in [0.29, 0.717) is 0 Å². The van der Waals surface area contributed by atoms with Gasteiger partial charge in [-0.3, -0.25) is 0 Å². The van der Waals surface area contributed by atoms with E-state index in [9.17, 15) is 0 Å². The van der Waals surface area contributed by atoms with Gasteiger partial charge in [-0.15, -0.1) is 0 Å². The highest BCUT2D eigenvalue weighted by Crippen LogP contribution is 2.28. The molecule has 3 aromatic rings. The van der Waals surface area contributed by atoms with E-state index in [-0.39, 0.29) is 6.10 Å². The number of rotatable bonds is 6. The van der Waals surface area contributed by atoms with Crippen LogP contribution in [-0.4, -0.2) is 29.2 Å². The van der Waals surface area contributed by atoms with Crippen LogP contribution < -0.4 is 5.32 Å². The number of aromatic nitrogens is 2. The largest absolute Gasteiger partial charge is 0.376 e. The van der Waals surface area contributed by atoms with Gasteiger partial charge in [0, 0.05) is 29.3 Å². The molecule has 0 radical (unpaired) electrons. The third kappa shape index (κ3) is 4.11. The summed E-state index contributed by atoms with van der Waals surface area (Å²) >= 11 is 7.86. The number of benzene rings is 2. The topological polar surface area (TPSA) is 47.0 Å². The summed E-state index contributed by atoms with van der Waals surface area (Å²) in [5.41, 5.74) is 2.03. The van der Waals surface area contributed by atoms with Crippen molar-refractivity contribution in [1.82, 2.24) is 9.97 Å². The van der Waals surface area contributed by atoms with Crippen LogP contribution in [0.5, 0.6) is 0 Å². The van der Waals surface area contributed by atoms with Gasteiger partial charge < -0.3 is 10.1 Å². The lowest BCUT2D eigenvalue weighted by Crippen LogP contribution is -2.19. The molecule has 134 valence electrons. The van der Waals surface area contributed by atoms with Crippen molar-refractivity contribution in [2.45, 2.75) is 29.9 Å². The highest BCUT2D eigenvalue weighted by molar-refractivity contribution is 7.98. The molecular formula is C20H20ClN3OS. The predicted octanol–water partition coefficient (Wildman–Crippen LogP) is 5.17. The number of thioether (sulfide) groups is 1. The first-order valence-electron chi connectivity index (χ1n) is 8.78. The molecule has 6 heteroatoms. The Kier molecular flexibility index (Phi) is 5.58. The molecule has 1 N–H and O–H groups in total. The van der Waals surface area contributed by atoms with E-state index >= 15 is 0 Å². The fourth-order valence-electron chi connectivity index (χ4n) is 3.03. The van der Waals surface area contributed by atoms with E-state index in [4.69, 9.17) is 26.3 Å². The Bertz CT molecular complexity index is 899. The molecular weight excluding hydrogens is 366 g/mol. The molecule has 0 bridgehead atoms. The number of nitrogens with zero attached hydrogens (tertiary/aromatic N) is 2. The summed E-state index contributed by atoms with van der Waals surface area (Å²) < 4.78 is 5.71. The van der Waals surface area contributed by atoms with E-state index in [0.717, 1.165) is 64.2 Å². The molecule has 0 saturated carbocycles. The van der Waals surface area contributed by atoms with Crippen molar-refractivity contribution in [1.29, 1.82) is 0 Å². The summed E-state index contributed by atoms with van der Waals surface area (Å²) in [6.45, 7) is 1.63. The second-order valence-corrected chi connectivity index (χ2v) is 7.62. The average Bonchev–Trinajstić information content (AvgIpc) is 3.19. The van der Waals surface area contributed by atoms with E-state index in [1.165, 1.54) is 0 Å². The van der Waals surface area contributed by atoms with Gasteiger partial charge in [0.2, 0.25) is 0 Å². The maximum absolute atomic E-state index is 6.26. The molecule has 4 nitrogen and oxygen atoms in total. The number of ether oxygens (including phenoxy) is 1. The molecule has 0 spiro atoms. The summed E-state index contributed by atoms with van der Waals surface area (Å²) in [7, 11) is 0. The van der Waals surface area contributed by atoms with Crippen molar-refractivity contribution in [2.24, 2.45) is 0 Å². The highest BCUT2D eigenvalue weighted by atomic mass is 35.5. The number of fused-ring (bicyclic) bond motifs is 1. The minimum atomic E-state index is 0.267. The average molecular weight is 386 g/mol. The van der Waals surface area contributed by atoms with Gasteiger partial charge in [0.05, 0.1) is 11.6 Å². The molecule has 0 aliphatic carbocycles. The fourth-order valence-corrected chi connectivity index (χ4v) is 4.17. The Morgan fingerprint density at radius 3 is 2.81 bits per heavy atom. The van der Waals surface area contributed by atoms with Gasteiger partial charge in [0.25, 0.3) is 0 Å². The molecule has 2 heterocycles. The van der Waals surface area contributed by atoms with Crippen LogP contribution in [0.2, 0.25) is 5.02 Å². The summed E-state index contributed by atoms with van der Waals surface area (Å²) in [5, 5.41) is 6.02. The Morgan fingerprint density at radius 2 is 1.96 bits per heavy atom. The fraction of sp³-hybridized carbons (Fsp3) is 0.300. The van der Waals surface area contributed by atoms with Crippen molar-refractivity contribution < 1.29 is 4.74 Å². The zero-order valence-corrected chi connectivity index (χ0v) is 15.9. The normalized spacial score (nSPS) is 16.9. The van der Waals surface area contributed by atoms with E-state index in [1.807, 2.05) is 42.5 Å². The molecule has 1 aromatic heterocycles. The standard InChI is InChI=1S/C20H20ClN3OS/c21-17-9-3-1-6-14(17)13-26-20-23-18-10-4-2-8-16(18)19(24-20)22-12-15-7-5-11-25-15/h1-4,6,8-10,15H,5,7,11-13H2,(H,22,23,24)/t15-/m1/s1. The summed E-state index contributed by atoms with van der Waals surface area (Å²) in [5.74, 6) is 1.61. The van der Waals surface area contributed by atoms with Crippen molar-refractivity contribution in [3.05, 3.63) is 59.1 Å². The summed E-state index contributed by atoms with van der Waals surface area (Å²) in [6, 6.07) is 16.0. The van der Waals surface area contributed by atoms with Crippen LogP contribution in [0.3, 0.4) is 0 Å². The zero-order chi connectivity index (χ0) is 17.8. The Morgan fingerprint density at radius 1 is 1.12 bits per heavy atom. The van der Waals surface area contributed by atoms with E-state index in [2.05, 4.69) is 11.4 Å². The number of anilines is 1. The molecule has 1 saturated heterocycles. The lowest BCUT2D eigenvalue weighted by Gasteiger charge is -2.14. The zero-order valence-electron chi connectivity index (χ0n) is 14.3. The Balaban J connectivity index is 1.55. The molecule has 2 aromatic carbocycles. The van der Waals surface area contributed by atoms with Crippen molar-refractivity contribution in [3.63, 3.8) is 0 Å². The lowest BCUT2D eigenvalue weighted by molar-refractivity contribution is 0.120. The first-order valence-corrected chi connectivity index (χ1v) is 10.1. The quantitative estimate of drug-likeness (QED) is 0.468. The second-order valence-electron chi connectivity index (χ2n) is 6.27. The molecule has 0 amide bonds.